The summed E-state index contributed by atoms with van der Waals surface area (Å²) in [5, 5.41) is 2.92. The monoisotopic (exact) mass is 346 g/mol. The molecule has 0 bridgehead atoms. The predicted molar refractivity (Wildman–Crippen MR) is 103 cm³/mol. The Morgan fingerprint density at radius 1 is 1.19 bits per heavy atom. The van der Waals surface area contributed by atoms with Crippen molar-refractivity contribution in [3.63, 3.8) is 0 Å². The smallest absolute Gasteiger partial charge is 0.253 e. The van der Waals surface area contributed by atoms with Crippen molar-refractivity contribution in [2.75, 3.05) is 18.4 Å². The van der Waals surface area contributed by atoms with E-state index in [1.165, 1.54) is 0 Å². The number of anilines is 1. The maximum absolute atomic E-state index is 12.7. The predicted octanol–water partition coefficient (Wildman–Crippen LogP) is 3.47. The van der Waals surface area contributed by atoms with Crippen LogP contribution in [0.15, 0.2) is 48.5 Å². The molecule has 2 aromatic carbocycles. The van der Waals surface area contributed by atoms with Gasteiger partial charge in [-0.05, 0) is 50.1 Å². The minimum absolute atomic E-state index is 0.0168. The van der Waals surface area contributed by atoms with Crippen molar-refractivity contribution in [2.24, 2.45) is 5.92 Å². The molecule has 26 heavy (non-hydrogen) atoms. The Balaban J connectivity index is 1.65. The van der Waals surface area contributed by atoms with Crippen molar-refractivity contribution in [2.45, 2.75) is 19.8 Å². The normalized spacial score (nSPS) is 16.6. The summed E-state index contributed by atoms with van der Waals surface area (Å²) in [7, 11) is 0. The summed E-state index contributed by atoms with van der Waals surface area (Å²) in [6.45, 7) is 3.11. The average molecular weight is 346 g/mol. The lowest BCUT2D eigenvalue weighted by atomic mass is 9.96. The lowest BCUT2D eigenvalue weighted by Gasteiger charge is -2.32. The standard InChI is InChI=1S/C22H22N2O2/c1-3-17-6-4-8-20(14-17)23-21(25)19-7-5-13-24(15-19)22(26)18-11-9-16(2)10-12-18/h1,4,6,8-12,14,19H,5,7,13,15H2,2H3,(H,23,25). The summed E-state index contributed by atoms with van der Waals surface area (Å²) in [5.41, 5.74) is 3.19. The van der Waals surface area contributed by atoms with Crippen LogP contribution in [0.3, 0.4) is 0 Å². The molecule has 1 heterocycles. The maximum atomic E-state index is 12.7. The first-order valence-corrected chi connectivity index (χ1v) is 8.80. The second kappa shape index (κ2) is 7.88. The third-order valence-corrected chi connectivity index (χ3v) is 4.67. The van der Waals surface area contributed by atoms with Crippen LogP contribution in [0.5, 0.6) is 0 Å². The van der Waals surface area contributed by atoms with Gasteiger partial charge in [0.1, 0.15) is 0 Å². The molecule has 1 unspecified atom stereocenters. The van der Waals surface area contributed by atoms with Crippen LogP contribution < -0.4 is 5.32 Å². The molecule has 1 N–H and O–H groups in total. The minimum atomic E-state index is -0.215. The molecule has 0 aromatic heterocycles. The zero-order valence-corrected chi connectivity index (χ0v) is 14.9. The zero-order valence-electron chi connectivity index (χ0n) is 14.9. The molecule has 4 heteroatoms. The highest BCUT2D eigenvalue weighted by Gasteiger charge is 2.29. The molecule has 1 fully saturated rings. The van der Waals surface area contributed by atoms with Crippen molar-refractivity contribution in [1.82, 2.24) is 4.90 Å². The highest BCUT2D eigenvalue weighted by Crippen LogP contribution is 2.21. The van der Waals surface area contributed by atoms with Crippen molar-refractivity contribution in [1.29, 1.82) is 0 Å². The number of hydrogen-bond acceptors (Lipinski definition) is 2. The van der Waals surface area contributed by atoms with E-state index in [2.05, 4.69) is 11.2 Å². The lowest BCUT2D eigenvalue weighted by molar-refractivity contribution is -0.121. The molecule has 0 aliphatic carbocycles. The third kappa shape index (κ3) is 4.12. The Morgan fingerprint density at radius 2 is 1.96 bits per heavy atom. The van der Waals surface area contributed by atoms with Gasteiger partial charge in [0, 0.05) is 29.9 Å². The highest BCUT2D eigenvalue weighted by molar-refractivity contribution is 5.96. The molecule has 2 aromatic rings. The van der Waals surface area contributed by atoms with Gasteiger partial charge in [-0.25, -0.2) is 0 Å². The van der Waals surface area contributed by atoms with Gasteiger partial charge in [-0.3, -0.25) is 9.59 Å². The van der Waals surface area contributed by atoms with Crippen molar-refractivity contribution >= 4 is 17.5 Å². The number of rotatable bonds is 3. The van der Waals surface area contributed by atoms with Crippen LogP contribution in [-0.2, 0) is 4.79 Å². The Labute approximate surface area is 154 Å². The number of nitrogens with zero attached hydrogens (tertiary/aromatic N) is 1. The molecule has 132 valence electrons. The second-order valence-electron chi connectivity index (χ2n) is 6.67. The van der Waals surface area contributed by atoms with E-state index in [9.17, 15) is 9.59 Å². The molecular formula is C22H22N2O2. The summed E-state index contributed by atoms with van der Waals surface area (Å²) in [6, 6.07) is 14.8. The van der Waals surface area contributed by atoms with E-state index in [0.29, 0.717) is 24.3 Å². The SMILES string of the molecule is C#Cc1cccc(NC(=O)C2CCCN(C(=O)c3ccc(C)cc3)C2)c1. The molecule has 2 amide bonds. The molecule has 0 spiro atoms. The van der Waals surface area contributed by atoms with Crippen molar-refractivity contribution in [3.05, 3.63) is 65.2 Å². The van der Waals surface area contributed by atoms with E-state index in [1.54, 1.807) is 11.0 Å². The summed E-state index contributed by atoms with van der Waals surface area (Å²) < 4.78 is 0. The quantitative estimate of drug-likeness (QED) is 0.865. The molecule has 4 nitrogen and oxygen atoms in total. The fourth-order valence-corrected chi connectivity index (χ4v) is 3.19. The zero-order chi connectivity index (χ0) is 18.5. The molecule has 0 radical (unpaired) electrons. The number of terminal acetylenes is 1. The van der Waals surface area contributed by atoms with E-state index in [-0.39, 0.29) is 17.7 Å². The van der Waals surface area contributed by atoms with Gasteiger partial charge in [0.2, 0.25) is 5.91 Å². The number of piperidine rings is 1. The van der Waals surface area contributed by atoms with Crippen molar-refractivity contribution in [3.8, 4) is 12.3 Å². The number of nitrogens with one attached hydrogen (secondary N) is 1. The number of amides is 2. The van der Waals surface area contributed by atoms with E-state index >= 15 is 0 Å². The van der Waals surface area contributed by atoms with Crippen LogP contribution in [0.2, 0.25) is 0 Å². The third-order valence-electron chi connectivity index (χ3n) is 4.67. The Morgan fingerprint density at radius 3 is 2.69 bits per heavy atom. The van der Waals surface area contributed by atoms with Crippen molar-refractivity contribution < 1.29 is 9.59 Å². The van der Waals surface area contributed by atoms with Crippen LogP contribution in [0, 0.1) is 25.2 Å². The number of aryl methyl sites for hydroxylation is 1. The molecule has 1 saturated heterocycles. The largest absolute Gasteiger partial charge is 0.338 e. The van der Waals surface area contributed by atoms with E-state index in [0.717, 1.165) is 24.0 Å². The highest BCUT2D eigenvalue weighted by atomic mass is 16.2. The first-order valence-electron chi connectivity index (χ1n) is 8.80. The summed E-state index contributed by atoms with van der Waals surface area (Å²) in [4.78, 5) is 27.1. The average Bonchev–Trinajstić information content (AvgIpc) is 2.68. The van der Waals surface area contributed by atoms with Gasteiger partial charge in [-0.15, -0.1) is 6.42 Å². The van der Waals surface area contributed by atoms with E-state index < -0.39 is 0 Å². The molecule has 1 aliphatic rings. The molecule has 1 atom stereocenters. The molecule has 3 rings (SSSR count). The topological polar surface area (TPSA) is 49.4 Å². The van der Waals surface area contributed by atoms with Gasteiger partial charge in [0.15, 0.2) is 0 Å². The summed E-state index contributed by atoms with van der Waals surface area (Å²) >= 11 is 0. The Hall–Kier alpha value is -3.06. The van der Waals surface area contributed by atoms with Crippen LogP contribution in [0.4, 0.5) is 5.69 Å². The molecular weight excluding hydrogens is 324 g/mol. The van der Waals surface area contributed by atoms with Gasteiger partial charge in [-0.1, -0.05) is 29.7 Å². The molecule has 1 aliphatic heterocycles. The number of hydrogen-bond donors (Lipinski definition) is 1. The minimum Gasteiger partial charge on any atom is -0.338 e. The fraction of sp³-hybridized carbons (Fsp3) is 0.273. The summed E-state index contributed by atoms with van der Waals surface area (Å²) in [5.74, 6) is 2.26. The van der Waals surface area contributed by atoms with Gasteiger partial charge < -0.3 is 10.2 Å². The van der Waals surface area contributed by atoms with Crippen LogP contribution in [0.25, 0.3) is 0 Å². The summed E-state index contributed by atoms with van der Waals surface area (Å²) in [6.07, 6.45) is 7.00. The van der Waals surface area contributed by atoms with Gasteiger partial charge in [-0.2, -0.15) is 0 Å². The van der Waals surface area contributed by atoms with Crippen LogP contribution in [0.1, 0.15) is 34.3 Å². The van der Waals surface area contributed by atoms with Gasteiger partial charge >= 0.3 is 0 Å². The molecule has 0 saturated carbocycles. The maximum Gasteiger partial charge on any atom is 0.253 e. The second-order valence-corrected chi connectivity index (χ2v) is 6.67. The number of carbonyl (C=O) groups excluding carboxylic acids is 2. The van der Waals surface area contributed by atoms with Gasteiger partial charge in [0.05, 0.1) is 5.92 Å². The lowest BCUT2D eigenvalue weighted by Crippen LogP contribution is -2.43. The number of likely N-dealkylation sites (tertiary alicyclic amines) is 1. The Kier molecular flexibility index (Phi) is 5.38. The van der Waals surface area contributed by atoms with Crippen LogP contribution in [-0.4, -0.2) is 29.8 Å². The first kappa shape index (κ1) is 17.8. The fourth-order valence-electron chi connectivity index (χ4n) is 3.19. The van der Waals surface area contributed by atoms with Crippen LogP contribution >= 0.6 is 0 Å². The first-order chi connectivity index (χ1) is 12.6. The number of benzene rings is 2. The van der Waals surface area contributed by atoms with Gasteiger partial charge in [0.25, 0.3) is 5.91 Å². The Bertz CT molecular complexity index is 849. The number of carbonyl (C=O) groups is 2. The van der Waals surface area contributed by atoms with E-state index in [1.807, 2.05) is 49.4 Å². The van der Waals surface area contributed by atoms with E-state index in [4.69, 9.17) is 6.42 Å².